The Kier molecular flexibility index (Phi) is 4.31. The van der Waals surface area contributed by atoms with Gasteiger partial charge in [0.25, 0.3) is 5.91 Å². The molecule has 1 atom stereocenters. The van der Waals surface area contributed by atoms with Gasteiger partial charge < -0.3 is 5.32 Å². The van der Waals surface area contributed by atoms with Crippen LogP contribution in [0.1, 0.15) is 41.9 Å². The number of amides is 1. The number of carbonyl (C=O) groups excluding carboxylic acids is 1. The number of benzene rings is 1. The maximum atomic E-state index is 12.0. The van der Waals surface area contributed by atoms with Gasteiger partial charge in [-0.2, -0.15) is 0 Å². The average Bonchev–Trinajstić information content (AvgIpc) is 2.88. The van der Waals surface area contributed by atoms with Gasteiger partial charge in [-0.1, -0.05) is 35.0 Å². The van der Waals surface area contributed by atoms with Crippen LogP contribution in [0, 0.1) is 0 Å². The molecular weight excluding hydrogens is 308 g/mol. The molecule has 0 aliphatic carbocycles. The fourth-order valence-electron chi connectivity index (χ4n) is 1.65. The molecule has 0 bridgehead atoms. The molecule has 0 saturated heterocycles. The zero-order valence-corrected chi connectivity index (χ0v) is 12.4. The summed E-state index contributed by atoms with van der Waals surface area (Å²) in [6.45, 7) is 3.88. The van der Waals surface area contributed by atoms with Crippen molar-refractivity contribution in [3.63, 3.8) is 0 Å². The summed E-state index contributed by atoms with van der Waals surface area (Å²) < 4.78 is 1.01. The molecule has 6 heteroatoms. The molecule has 1 heterocycles. The van der Waals surface area contributed by atoms with Crippen molar-refractivity contribution in [1.82, 2.24) is 20.5 Å². The minimum absolute atomic E-state index is 0.0934. The topological polar surface area (TPSA) is 70.7 Å². The van der Waals surface area contributed by atoms with Crippen LogP contribution >= 0.6 is 15.9 Å². The Bertz CT molecular complexity index is 564. The molecule has 2 N–H and O–H groups in total. The highest BCUT2D eigenvalue weighted by atomic mass is 79.9. The van der Waals surface area contributed by atoms with E-state index in [-0.39, 0.29) is 17.8 Å². The number of H-pyrrole nitrogens is 1. The van der Waals surface area contributed by atoms with E-state index in [9.17, 15) is 4.79 Å². The molecule has 5 nitrogen and oxygen atoms in total. The molecule has 1 aromatic carbocycles. The van der Waals surface area contributed by atoms with E-state index in [1.54, 1.807) is 0 Å². The highest BCUT2D eigenvalue weighted by Crippen LogP contribution is 2.16. The van der Waals surface area contributed by atoms with E-state index in [4.69, 9.17) is 0 Å². The highest BCUT2D eigenvalue weighted by Gasteiger charge is 2.15. The lowest BCUT2D eigenvalue weighted by Crippen LogP contribution is -2.27. The third-order valence-electron chi connectivity index (χ3n) is 2.79. The van der Waals surface area contributed by atoms with E-state index in [0.29, 0.717) is 5.82 Å². The summed E-state index contributed by atoms with van der Waals surface area (Å²) in [7, 11) is 0. The quantitative estimate of drug-likeness (QED) is 0.909. The molecule has 0 spiro atoms. The van der Waals surface area contributed by atoms with Crippen LogP contribution in [0.15, 0.2) is 28.7 Å². The number of aromatic nitrogens is 3. The summed E-state index contributed by atoms with van der Waals surface area (Å²) in [6.07, 6.45) is 0.725. The summed E-state index contributed by atoms with van der Waals surface area (Å²) in [5.74, 6) is 0.619. The van der Waals surface area contributed by atoms with Crippen LogP contribution in [0.25, 0.3) is 0 Å². The summed E-state index contributed by atoms with van der Waals surface area (Å²) in [5.41, 5.74) is 1.03. The SMILES string of the molecule is CCc1nc(C(=O)N[C@@H](C)c2ccc(Br)cc2)n[nH]1. The van der Waals surface area contributed by atoms with Gasteiger partial charge in [-0.3, -0.25) is 9.89 Å². The second kappa shape index (κ2) is 5.97. The van der Waals surface area contributed by atoms with E-state index in [2.05, 4.69) is 36.4 Å². The van der Waals surface area contributed by atoms with Crippen molar-refractivity contribution in [3.05, 3.63) is 46.0 Å². The second-order valence-corrected chi connectivity index (χ2v) is 5.12. The molecule has 0 unspecified atom stereocenters. The lowest BCUT2D eigenvalue weighted by Gasteiger charge is -2.12. The molecule has 0 aliphatic rings. The van der Waals surface area contributed by atoms with Gasteiger partial charge in [0, 0.05) is 10.9 Å². The van der Waals surface area contributed by atoms with Gasteiger partial charge >= 0.3 is 0 Å². The van der Waals surface area contributed by atoms with Gasteiger partial charge in [0.1, 0.15) is 5.82 Å². The van der Waals surface area contributed by atoms with Crippen LogP contribution in [-0.4, -0.2) is 21.1 Å². The van der Waals surface area contributed by atoms with Gasteiger partial charge in [0.2, 0.25) is 5.82 Å². The molecule has 19 heavy (non-hydrogen) atoms. The number of hydrogen-bond acceptors (Lipinski definition) is 3. The van der Waals surface area contributed by atoms with E-state index >= 15 is 0 Å². The standard InChI is InChI=1S/C13H15BrN4O/c1-3-11-16-12(18-17-11)13(19)15-8(2)9-4-6-10(14)7-5-9/h4-8H,3H2,1-2H3,(H,15,19)(H,16,17,18)/t8-/m0/s1. The molecule has 0 fully saturated rings. The molecule has 0 aliphatic heterocycles. The van der Waals surface area contributed by atoms with Crippen LogP contribution in [0.2, 0.25) is 0 Å². The Hall–Kier alpha value is -1.69. The number of aromatic amines is 1. The number of hydrogen-bond donors (Lipinski definition) is 2. The monoisotopic (exact) mass is 322 g/mol. The summed E-state index contributed by atoms with van der Waals surface area (Å²) in [6, 6.07) is 7.72. The van der Waals surface area contributed by atoms with Gasteiger partial charge in [-0.25, -0.2) is 4.98 Å². The van der Waals surface area contributed by atoms with Gasteiger partial charge in [-0.05, 0) is 24.6 Å². The highest BCUT2D eigenvalue weighted by molar-refractivity contribution is 9.10. The maximum Gasteiger partial charge on any atom is 0.291 e. The number of nitrogens with one attached hydrogen (secondary N) is 2. The molecular formula is C13H15BrN4O. The van der Waals surface area contributed by atoms with Gasteiger partial charge in [0.15, 0.2) is 0 Å². The number of halogens is 1. The van der Waals surface area contributed by atoms with Crippen LogP contribution in [0.4, 0.5) is 0 Å². The molecule has 100 valence electrons. The lowest BCUT2D eigenvalue weighted by atomic mass is 10.1. The minimum atomic E-state index is -0.272. The molecule has 1 amide bonds. The normalized spacial score (nSPS) is 12.2. The number of rotatable bonds is 4. The van der Waals surface area contributed by atoms with Crippen molar-refractivity contribution in [2.75, 3.05) is 0 Å². The van der Waals surface area contributed by atoms with Crippen LogP contribution in [0.3, 0.4) is 0 Å². The fourth-order valence-corrected chi connectivity index (χ4v) is 1.92. The van der Waals surface area contributed by atoms with Crippen molar-refractivity contribution < 1.29 is 4.79 Å². The van der Waals surface area contributed by atoms with Crippen molar-refractivity contribution in [2.24, 2.45) is 0 Å². The van der Waals surface area contributed by atoms with Crippen molar-refractivity contribution in [3.8, 4) is 0 Å². The molecule has 2 aromatic rings. The predicted octanol–water partition coefficient (Wildman–Crippen LogP) is 2.62. The molecule has 0 radical (unpaired) electrons. The largest absolute Gasteiger partial charge is 0.343 e. The van der Waals surface area contributed by atoms with Crippen LogP contribution < -0.4 is 5.32 Å². The average molecular weight is 323 g/mol. The third kappa shape index (κ3) is 3.41. The third-order valence-corrected chi connectivity index (χ3v) is 3.32. The summed E-state index contributed by atoms with van der Waals surface area (Å²) in [5, 5.41) is 9.49. The maximum absolute atomic E-state index is 12.0. The summed E-state index contributed by atoms with van der Waals surface area (Å²) >= 11 is 3.38. The Morgan fingerprint density at radius 2 is 2.11 bits per heavy atom. The zero-order chi connectivity index (χ0) is 13.8. The molecule has 0 saturated carbocycles. The van der Waals surface area contributed by atoms with Gasteiger partial charge in [-0.15, -0.1) is 5.10 Å². The Morgan fingerprint density at radius 1 is 1.42 bits per heavy atom. The first kappa shape index (κ1) is 13.7. The van der Waals surface area contributed by atoms with Gasteiger partial charge in [0.05, 0.1) is 6.04 Å². The Balaban J connectivity index is 2.04. The van der Waals surface area contributed by atoms with Crippen LogP contribution in [0.5, 0.6) is 0 Å². The zero-order valence-electron chi connectivity index (χ0n) is 10.8. The van der Waals surface area contributed by atoms with Crippen molar-refractivity contribution in [2.45, 2.75) is 26.3 Å². The fraction of sp³-hybridized carbons (Fsp3) is 0.308. The van der Waals surface area contributed by atoms with E-state index in [1.807, 2.05) is 38.1 Å². The predicted molar refractivity (Wildman–Crippen MR) is 75.8 cm³/mol. The number of aryl methyl sites for hydroxylation is 1. The Morgan fingerprint density at radius 3 is 2.68 bits per heavy atom. The first-order chi connectivity index (χ1) is 9.10. The Labute approximate surface area is 120 Å². The van der Waals surface area contributed by atoms with Crippen LogP contribution in [-0.2, 0) is 6.42 Å². The number of nitrogens with zero attached hydrogens (tertiary/aromatic N) is 2. The first-order valence-electron chi connectivity index (χ1n) is 6.07. The van der Waals surface area contributed by atoms with Crippen molar-refractivity contribution >= 4 is 21.8 Å². The second-order valence-electron chi connectivity index (χ2n) is 4.21. The van der Waals surface area contributed by atoms with E-state index < -0.39 is 0 Å². The molecule has 1 aromatic heterocycles. The smallest absolute Gasteiger partial charge is 0.291 e. The summed E-state index contributed by atoms with van der Waals surface area (Å²) in [4.78, 5) is 16.1. The molecule has 2 rings (SSSR count). The van der Waals surface area contributed by atoms with Crippen molar-refractivity contribution in [1.29, 1.82) is 0 Å². The minimum Gasteiger partial charge on any atom is -0.343 e. The lowest BCUT2D eigenvalue weighted by molar-refractivity contribution is 0.0929. The first-order valence-corrected chi connectivity index (χ1v) is 6.87. The number of carbonyl (C=O) groups is 1. The van der Waals surface area contributed by atoms with E-state index in [0.717, 1.165) is 16.5 Å². The van der Waals surface area contributed by atoms with E-state index in [1.165, 1.54) is 0 Å².